The Hall–Kier alpha value is -0.990. The monoisotopic (exact) mass is 207 g/mol. The predicted octanol–water partition coefficient (Wildman–Crippen LogP) is 3.02. The molecule has 0 aromatic carbocycles. The van der Waals surface area contributed by atoms with E-state index in [9.17, 15) is 0 Å². The van der Waals surface area contributed by atoms with E-state index in [1.54, 1.807) is 0 Å². The van der Waals surface area contributed by atoms with Crippen molar-refractivity contribution < 1.29 is 0 Å². The van der Waals surface area contributed by atoms with Crippen LogP contribution in [0.25, 0.3) is 0 Å². The topological polar surface area (TPSA) is 40.7 Å². The van der Waals surface area contributed by atoms with Crippen molar-refractivity contribution in [1.82, 2.24) is 10.2 Å². The Balaban J connectivity index is 2.07. The molecule has 0 aliphatic heterocycles. The molecule has 1 heterocycles. The summed E-state index contributed by atoms with van der Waals surface area (Å²) in [5.74, 6) is 0.785. The van der Waals surface area contributed by atoms with E-state index in [0.29, 0.717) is 6.04 Å². The molecule has 84 valence electrons. The minimum atomic E-state index is 0.633. The number of rotatable bonds is 2. The molecule has 15 heavy (non-hydrogen) atoms. The summed E-state index contributed by atoms with van der Waals surface area (Å²) < 4.78 is 0. The van der Waals surface area contributed by atoms with E-state index in [4.69, 9.17) is 0 Å². The van der Waals surface area contributed by atoms with E-state index in [1.165, 1.54) is 31.4 Å². The summed E-state index contributed by atoms with van der Waals surface area (Å²) in [6, 6.07) is 0.633. The number of hydrogen-bond acceptors (Lipinski definition) is 2. The summed E-state index contributed by atoms with van der Waals surface area (Å²) in [4.78, 5) is 0. The summed E-state index contributed by atoms with van der Waals surface area (Å²) in [5, 5.41) is 10.9. The maximum Gasteiger partial charge on any atom is 0.0825 e. The number of H-pyrrole nitrogens is 1. The average Bonchev–Trinajstić information content (AvgIpc) is 2.53. The lowest BCUT2D eigenvalue weighted by molar-refractivity contribution is 0.349. The van der Waals surface area contributed by atoms with E-state index in [1.807, 2.05) is 0 Å². The largest absolute Gasteiger partial charge is 0.379 e. The van der Waals surface area contributed by atoms with Gasteiger partial charge in [0.25, 0.3) is 0 Å². The Morgan fingerprint density at radius 1 is 1.27 bits per heavy atom. The minimum Gasteiger partial charge on any atom is -0.379 e. The highest BCUT2D eigenvalue weighted by Crippen LogP contribution is 2.28. The lowest BCUT2D eigenvalue weighted by Gasteiger charge is -2.30. The first-order chi connectivity index (χ1) is 7.18. The summed E-state index contributed by atoms with van der Waals surface area (Å²) in [6.07, 6.45) is 5.40. The molecule has 0 radical (unpaired) electrons. The van der Waals surface area contributed by atoms with Crippen molar-refractivity contribution in [2.45, 2.75) is 52.5 Å². The van der Waals surface area contributed by atoms with Crippen molar-refractivity contribution in [3.63, 3.8) is 0 Å². The average molecular weight is 207 g/mol. The third-order valence-electron chi connectivity index (χ3n) is 3.57. The first kappa shape index (κ1) is 10.5. The van der Waals surface area contributed by atoms with Gasteiger partial charge in [0.05, 0.1) is 17.1 Å². The molecular formula is C12H21N3. The molecule has 1 aliphatic carbocycles. The third-order valence-corrected chi connectivity index (χ3v) is 3.57. The van der Waals surface area contributed by atoms with Crippen molar-refractivity contribution in [2.75, 3.05) is 5.32 Å². The number of aromatic nitrogens is 2. The van der Waals surface area contributed by atoms with Crippen LogP contribution in [0.1, 0.15) is 44.0 Å². The molecular weight excluding hydrogens is 186 g/mol. The first-order valence-corrected chi connectivity index (χ1v) is 5.96. The molecule has 2 unspecified atom stereocenters. The lowest BCUT2D eigenvalue weighted by Crippen LogP contribution is -2.30. The van der Waals surface area contributed by atoms with Crippen LogP contribution in [0.3, 0.4) is 0 Å². The summed E-state index contributed by atoms with van der Waals surface area (Å²) >= 11 is 0. The highest BCUT2D eigenvalue weighted by Gasteiger charge is 2.22. The third kappa shape index (κ3) is 2.16. The van der Waals surface area contributed by atoms with Gasteiger partial charge in [-0.3, -0.25) is 5.10 Å². The molecule has 0 bridgehead atoms. The standard InChI is InChI=1S/C12H21N3/c1-8-6-4-5-7-11(8)13-12-9(2)14-15-10(12)3/h8,11,13H,4-7H2,1-3H3,(H,14,15). The van der Waals surface area contributed by atoms with Gasteiger partial charge in [-0.2, -0.15) is 5.10 Å². The molecule has 1 aliphatic rings. The summed E-state index contributed by atoms with van der Waals surface area (Å²) in [6.45, 7) is 6.48. The minimum absolute atomic E-state index is 0.633. The molecule has 3 nitrogen and oxygen atoms in total. The molecule has 2 rings (SSSR count). The quantitative estimate of drug-likeness (QED) is 0.782. The van der Waals surface area contributed by atoms with Crippen molar-refractivity contribution in [2.24, 2.45) is 5.92 Å². The molecule has 1 saturated carbocycles. The van der Waals surface area contributed by atoms with E-state index >= 15 is 0 Å². The van der Waals surface area contributed by atoms with Gasteiger partial charge in [-0.1, -0.05) is 19.8 Å². The van der Waals surface area contributed by atoms with Gasteiger partial charge in [-0.15, -0.1) is 0 Å². The second-order valence-electron chi connectivity index (χ2n) is 4.82. The van der Waals surface area contributed by atoms with Crippen LogP contribution in [0.2, 0.25) is 0 Å². The van der Waals surface area contributed by atoms with Crippen molar-refractivity contribution in [1.29, 1.82) is 0 Å². The Morgan fingerprint density at radius 2 is 2.00 bits per heavy atom. The molecule has 2 atom stereocenters. The lowest BCUT2D eigenvalue weighted by atomic mass is 9.86. The van der Waals surface area contributed by atoms with Crippen LogP contribution >= 0.6 is 0 Å². The maximum absolute atomic E-state index is 4.22. The number of nitrogens with one attached hydrogen (secondary N) is 2. The van der Waals surface area contributed by atoms with E-state index in [0.717, 1.165) is 17.3 Å². The fourth-order valence-corrected chi connectivity index (χ4v) is 2.48. The summed E-state index contributed by atoms with van der Waals surface area (Å²) in [5.41, 5.74) is 3.46. The Morgan fingerprint density at radius 3 is 2.60 bits per heavy atom. The van der Waals surface area contributed by atoms with Crippen LogP contribution in [0.5, 0.6) is 0 Å². The van der Waals surface area contributed by atoms with Gasteiger partial charge >= 0.3 is 0 Å². The molecule has 3 heteroatoms. The number of hydrogen-bond donors (Lipinski definition) is 2. The molecule has 2 N–H and O–H groups in total. The van der Waals surface area contributed by atoms with Crippen molar-refractivity contribution in [3.8, 4) is 0 Å². The van der Waals surface area contributed by atoms with Crippen LogP contribution in [-0.4, -0.2) is 16.2 Å². The summed E-state index contributed by atoms with van der Waals surface area (Å²) in [7, 11) is 0. The zero-order valence-electron chi connectivity index (χ0n) is 9.93. The normalized spacial score (nSPS) is 26.6. The van der Waals surface area contributed by atoms with Gasteiger partial charge < -0.3 is 5.32 Å². The molecule has 0 amide bonds. The van der Waals surface area contributed by atoms with Gasteiger partial charge in [-0.05, 0) is 32.6 Å². The smallest absolute Gasteiger partial charge is 0.0825 e. The van der Waals surface area contributed by atoms with Crippen LogP contribution in [0.4, 0.5) is 5.69 Å². The maximum atomic E-state index is 4.22. The van der Waals surface area contributed by atoms with Crippen molar-refractivity contribution in [3.05, 3.63) is 11.4 Å². The van der Waals surface area contributed by atoms with Gasteiger partial charge in [0.15, 0.2) is 0 Å². The fourth-order valence-electron chi connectivity index (χ4n) is 2.48. The van der Waals surface area contributed by atoms with E-state index in [2.05, 4.69) is 36.3 Å². The zero-order valence-corrected chi connectivity index (χ0v) is 9.93. The molecule has 1 aromatic rings. The van der Waals surface area contributed by atoms with Gasteiger partial charge in [0.2, 0.25) is 0 Å². The second-order valence-corrected chi connectivity index (χ2v) is 4.82. The number of aromatic amines is 1. The van der Waals surface area contributed by atoms with Crippen LogP contribution in [-0.2, 0) is 0 Å². The Bertz CT molecular complexity index is 310. The predicted molar refractivity (Wildman–Crippen MR) is 63.1 cm³/mol. The molecule has 0 spiro atoms. The molecule has 1 fully saturated rings. The zero-order chi connectivity index (χ0) is 10.8. The van der Waals surface area contributed by atoms with Crippen molar-refractivity contribution >= 4 is 5.69 Å². The second kappa shape index (κ2) is 4.25. The Labute approximate surface area is 91.7 Å². The Kier molecular flexibility index (Phi) is 2.98. The SMILES string of the molecule is Cc1n[nH]c(C)c1NC1CCCCC1C. The van der Waals surface area contributed by atoms with Gasteiger partial charge in [0.1, 0.15) is 0 Å². The highest BCUT2D eigenvalue weighted by atomic mass is 15.2. The fraction of sp³-hybridized carbons (Fsp3) is 0.750. The van der Waals surface area contributed by atoms with Crippen LogP contribution < -0.4 is 5.32 Å². The van der Waals surface area contributed by atoms with E-state index in [-0.39, 0.29) is 0 Å². The van der Waals surface area contributed by atoms with Gasteiger partial charge in [-0.25, -0.2) is 0 Å². The number of nitrogens with zero attached hydrogens (tertiary/aromatic N) is 1. The van der Waals surface area contributed by atoms with Gasteiger partial charge in [0, 0.05) is 6.04 Å². The first-order valence-electron chi connectivity index (χ1n) is 5.96. The molecule has 1 aromatic heterocycles. The van der Waals surface area contributed by atoms with E-state index < -0.39 is 0 Å². The molecule has 0 saturated heterocycles. The van der Waals surface area contributed by atoms with Crippen LogP contribution in [0.15, 0.2) is 0 Å². The highest BCUT2D eigenvalue weighted by molar-refractivity contribution is 5.52. The number of anilines is 1. The van der Waals surface area contributed by atoms with Crippen LogP contribution in [0, 0.1) is 19.8 Å². The number of aryl methyl sites for hydroxylation is 2.